The van der Waals surface area contributed by atoms with E-state index in [1.807, 2.05) is 0 Å². The Morgan fingerprint density at radius 1 is 1.88 bits per heavy atom. The van der Waals surface area contributed by atoms with E-state index in [1.54, 1.807) is 0 Å². The summed E-state index contributed by atoms with van der Waals surface area (Å²) >= 11 is 0. The Labute approximate surface area is 47.1 Å². The zero-order valence-corrected chi connectivity index (χ0v) is 4.33. The Kier molecular flexibility index (Phi) is 1.30. The smallest absolute Gasteiger partial charge is 0.163 e. The first kappa shape index (κ1) is 5.31. The van der Waals surface area contributed by atoms with Gasteiger partial charge in [0, 0.05) is 6.08 Å². The number of allylic oxidation sites excluding steroid dienone is 1. The highest BCUT2D eigenvalue weighted by Crippen LogP contribution is 2.00. The molecule has 3 heteroatoms. The molecule has 0 radical (unpaired) electrons. The van der Waals surface area contributed by atoms with Crippen molar-refractivity contribution in [2.24, 2.45) is 5.73 Å². The molecule has 44 valence electrons. The van der Waals surface area contributed by atoms with Gasteiger partial charge in [0.15, 0.2) is 12.0 Å². The van der Waals surface area contributed by atoms with E-state index in [0.717, 1.165) is 0 Å². The number of carbonyl (C=O) groups is 1. The number of carbonyl (C=O) groups excluding carboxylic acids is 1. The molecule has 0 bridgehead atoms. The molecule has 0 aromatic rings. The van der Waals surface area contributed by atoms with Gasteiger partial charge in [-0.1, -0.05) is 0 Å². The van der Waals surface area contributed by atoms with E-state index in [-0.39, 0.29) is 5.78 Å². The zero-order chi connectivity index (χ0) is 5.98. The molecule has 1 aliphatic heterocycles. The Bertz CT molecular complexity index is 130. The lowest BCUT2D eigenvalue weighted by molar-refractivity contribution is -0.117. The highest BCUT2D eigenvalue weighted by atomic mass is 16.5. The molecule has 1 atom stereocenters. The lowest BCUT2D eigenvalue weighted by atomic mass is 10.2. The van der Waals surface area contributed by atoms with Gasteiger partial charge in [-0.25, -0.2) is 0 Å². The minimum atomic E-state index is -0.424. The average Bonchev–Trinajstić information content (AvgIpc) is 1.64. The van der Waals surface area contributed by atoms with Crippen molar-refractivity contribution in [3.63, 3.8) is 0 Å². The highest BCUT2D eigenvalue weighted by Gasteiger charge is 2.09. The molecule has 1 unspecified atom stereocenters. The summed E-state index contributed by atoms with van der Waals surface area (Å²) in [5.74, 6) is 0.0313. The van der Waals surface area contributed by atoms with Gasteiger partial charge >= 0.3 is 0 Å². The van der Waals surface area contributed by atoms with Gasteiger partial charge in [-0.3, -0.25) is 10.5 Å². The first-order valence-corrected chi connectivity index (χ1v) is 2.39. The summed E-state index contributed by atoms with van der Waals surface area (Å²) in [5.41, 5.74) is 5.23. The molecular weight excluding hydrogens is 106 g/mol. The molecular formula is C5H7NO2. The number of ether oxygens (including phenoxy) is 1. The van der Waals surface area contributed by atoms with E-state index < -0.39 is 6.23 Å². The summed E-state index contributed by atoms with van der Waals surface area (Å²) in [4.78, 5) is 10.4. The van der Waals surface area contributed by atoms with Crippen LogP contribution in [0.5, 0.6) is 0 Å². The first-order chi connectivity index (χ1) is 3.79. The average molecular weight is 113 g/mol. The van der Waals surface area contributed by atoms with E-state index in [4.69, 9.17) is 10.5 Å². The lowest BCUT2D eigenvalue weighted by Gasteiger charge is -2.11. The maximum Gasteiger partial charge on any atom is 0.163 e. The topological polar surface area (TPSA) is 52.3 Å². The molecule has 0 amide bonds. The van der Waals surface area contributed by atoms with Crippen molar-refractivity contribution in [1.82, 2.24) is 0 Å². The molecule has 0 aliphatic carbocycles. The van der Waals surface area contributed by atoms with Crippen LogP contribution in [0.15, 0.2) is 12.3 Å². The molecule has 3 nitrogen and oxygen atoms in total. The normalized spacial score (nSPS) is 27.6. The Morgan fingerprint density at radius 2 is 2.62 bits per heavy atom. The summed E-state index contributed by atoms with van der Waals surface area (Å²) in [6.45, 7) is 0. The van der Waals surface area contributed by atoms with E-state index in [2.05, 4.69) is 0 Å². The minimum Gasteiger partial charge on any atom is -0.483 e. The van der Waals surface area contributed by atoms with Crippen molar-refractivity contribution >= 4 is 5.78 Å². The van der Waals surface area contributed by atoms with Crippen LogP contribution < -0.4 is 5.73 Å². The third-order valence-electron chi connectivity index (χ3n) is 0.910. The number of hydrogen-bond acceptors (Lipinski definition) is 3. The van der Waals surface area contributed by atoms with E-state index >= 15 is 0 Å². The van der Waals surface area contributed by atoms with Crippen LogP contribution in [-0.2, 0) is 9.53 Å². The molecule has 0 aromatic heterocycles. The number of ketones is 1. The number of rotatable bonds is 0. The van der Waals surface area contributed by atoms with Crippen molar-refractivity contribution in [1.29, 1.82) is 0 Å². The Morgan fingerprint density at radius 3 is 3.00 bits per heavy atom. The van der Waals surface area contributed by atoms with Gasteiger partial charge < -0.3 is 4.74 Å². The second-order valence-corrected chi connectivity index (χ2v) is 1.65. The predicted octanol–water partition coefficient (Wildman–Crippen LogP) is -0.226. The van der Waals surface area contributed by atoms with Crippen molar-refractivity contribution in [3.05, 3.63) is 12.3 Å². The molecule has 2 N–H and O–H groups in total. The molecule has 8 heavy (non-hydrogen) atoms. The monoisotopic (exact) mass is 113 g/mol. The van der Waals surface area contributed by atoms with Crippen molar-refractivity contribution < 1.29 is 9.53 Å². The van der Waals surface area contributed by atoms with Crippen molar-refractivity contribution in [2.75, 3.05) is 0 Å². The van der Waals surface area contributed by atoms with Crippen LogP contribution >= 0.6 is 0 Å². The van der Waals surface area contributed by atoms with E-state index in [0.29, 0.717) is 6.42 Å². The SMILES string of the molecule is NC1CC(=O)C=CO1. The number of hydrogen-bond donors (Lipinski definition) is 1. The Balaban J connectivity index is 2.54. The van der Waals surface area contributed by atoms with Crippen LogP contribution in [0.3, 0.4) is 0 Å². The molecule has 0 spiro atoms. The van der Waals surface area contributed by atoms with Crippen LogP contribution in [0.1, 0.15) is 6.42 Å². The van der Waals surface area contributed by atoms with E-state index in [1.165, 1.54) is 12.3 Å². The third kappa shape index (κ3) is 1.07. The second kappa shape index (κ2) is 1.96. The first-order valence-electron chi connectivity index (χ1n) is 2.39. The summed E-state index contributed by atoms with van der Waals surface area (Å²) in [6, 6.07) is 0. The van der Waals surface area contributed by atoms with Crippen LogP contribution in [0, 0.1) is 0 Å². The van der Waals surface area contributed by atoms with Gasteiger partial charge in [-0.05, 0) is 0 Å². The quantitative estimate of drug-likeness (QED) is 0.472. The fraction of sp³-hybridized carbons (Fsp3) is 0.400. The minimum absolute atomic E-state index is 0.0313. The second-order valence-electron chi connectivity index (χ2n) is 1.65. The maximum atomic E-state index is 10.4. The molecule has 0 fully saturated rings. The fourth-order valence-corrected chi connectivity index (χ4v) is 0.531. The molecule has 1 heterocycles. The molecule has 1 aliphatic rings. The van der Waals surface area contributed by atoms with Crippen LogP contribution in [-0.4, -0.2) is 12.0 Å². The highest BCUT2D eigenvalue weighted by molar-refractivity contribution is 5.90. The molecule has 0 saturated carbocycles. The summed E-state index contributed by atoms with van der Waals surface area (Å²) in [7, 11) is 0. The lowest BCUT2D eigenvalue weighted by Crippen LogP contribution is -2.27. The standard InChI is InChI=1S/C5H7NO2/c6-5-3-4(7)1-2-8-5/h1-2,5H,3,6H2. The van der Waals surface area contributed by atoms with Crippen molar-refractivity contribution in [2.45, 2.75) is 12.6 Å². The predicted molar refractivity (Wildman–Crippen MR) is 27.8 cm³/mol. The van der Waals surface area contributed by atoms with Crippen LogP contribution in [0.25, 0.3) is 0 Å². The van der Waals surface area contributed by atoms with Gasteiger partial charge in [-0.2, -0.15) is 0 Å². The molecule has 0 aromatic carbocycles. The summed E-state index contributed by atoms with van der Waals surface area (Å²) in [6.07, 6.45) is 2.59. The maximum absolute atomic E-state index is 10.4. The van der Waals surface area contributed by atoms with Gasteiger partial charge in [-0.15, -0.1) is 0 Å². The van der Waals surface area contributed by atoms with Crippen LogP contribution in [0.2, 0.25) is 0 Å². The summed E-state index contributed by atoms with van der Waals surface area (Å²) in [5, 5.41) is 0. The van der Waals surface area contributed by atoms with Crippen LogP contribution in [0.4, 0.5) is 0 Å². The fourth-order valence-electron chi connectivity index (χ4n) is 0.531. The number of nitrogens with two attached hydrogens (primary N) is 1. The Hall–Kier alpha value is -0.830. The molecule has 1 rings (SSSR count). The van der Waals surface area contributed by atoms with Gasteiger partial charge in [0.25, 0.3) is 0 Å². The molecule has 0 saturated heterocycles. The van der Waals surface area contributed by atoms with E-state index in [9.17, 15) is 4.79 Å². The van der Waals surface area contributed by atoms with Gasteiger partial charge in [0.1, 0.15) is 0 Å². The third-order valence-corrected chi connectivity index (χ3v) is 0.910. The summed E-state index contributed by atoms with van der Waals surface area (Å²) < 4.78 is 4.72. The van der Waals surface area contributed by atoms with Gasteiger partial charge in [0.05, 0.1) is 12.7 Å². The van der Waals surface area contributed by atoms with Gasteiger partial charge in [0.2, 0.25) is 0 Å². The largest absolute Gasteiger partial charge is 0.483 e. The zero-order valence-electron chi connectivity index (χ0n) is 4.33. The van der Waals surface area contributed by atoms with Crippen molar-refractivity contribution in [3.8, 4) is 0 Å².